The van der Waals surface area contributed by atoms with Crippen molar-refractivity contribution in [1.82, 2.24) is 14.5 Å². The van der Waals surface area contributed by atoms with Gasteiger partial charge >= 0.3 is 6.61 Å². The molecule has 0 fully saturated rings. The predicted molar refractivity (Wildman–Crippen MR) is 108 cm³/mol. The van der Waals surface area contributed by atoms with E-state index in [2.05, 4.69) is 25.7 Å². The summed E-state index contributed by atoms with van der Waals surface area (Å²) in [5, 5.41) is 0.480. The molecule has 0 spiro atoms. The molecule has 29 heavy (non-hydrogen) atoms. The average Bonchev–Trinajstić information content (AvgIpc) is 2.68. The monoisotopic (exact) mass is 465 g/mol. The Morgan fingerprint density at radius 1 is 1.24 bits per heavy atom. The van der Waals surface area contributed by atoms with Gasteiger partial charge in [0.05, 0.1) is 17.2 Å². The van der Waals surface area contributed by atoms with Gasteiger partial charge in [-0.2, -0.15) is 8.78 Å². The fraction of sp³-hybridized carbons (Fsp3) is 0.250. The molecule has 1 aromatic heterocycles. The molecule has 6 nitrogen and oxygen atoms in total. The Morgan fingerprint density at radius 3 is 2.66 bits per heavy atom. The van der Waals surface area contributed by atoms with Crippen molar-refractivity contribution in [3.63, 3.8) is 0 Å². The molecule has 3 aromatic rings. The number of amides is 1. The fourth-order valence-corrected chi connectivity index (χ4v) is 3.20. The topological polar surface area (TPSA) is 64.4 Å². The molecule has 1 amide bonds. The number of nitrogens with zero attached hydrogens (tertiary/aromatic N) is 3. The third-order valence-electron chi connectivity index (χ3n) is 4.35. The molecule has 0 aliphatic heterocycles. The summed E-state index contributed by atoms with van der Waals surface area (Å²) < 4.78 is 30.9. The zero-order valence-electron chi connectivity index (χ0n) is 15.5. The molecule has 0 atom stereocenters. The molecule has 1 heterocycles. The van der Waals surface area contributed by atoms with E-state index in [-0.39, 0.29) is 30.2 Å². The van der Waals surface area contributed by atoms with Crippen LogP contribution in [0.4, 0.5) is 8.78 Å². The summed E-state index contributed by atoms with van der Waals surface area (Å²) >= 11 is 3.34. The van der Waals surface area contributed by atoms with Crippen LogP contribution in [0.5, 0.6) is 5.75 Å². The maximum Gasteiger partial charge on any atom is 0.387 e. The van der Waals surface area contributed by atoms with Crippen molar-refractivity contribution in [2.45, 2.75) is 26.1 Å². The van der Waals surface area contributed by atoms with E-state index in [1.165, 1.54) is 27.9 Å². The van der Waals surface area contributed by atoms with E-state index in [4.69, 9.17) is 0 Å². The second kappa shape index (κ2) is 9.13. The van der Waals surface area contributed by atoms with Crippen molar-refractivity contribution in [1.29, 1.82) is 0 Å². The van der Waals surface area contributed by atoms with Gasteiger partial charge in [0.25, 0.3) is 5.56 Å². The third kappa shape index (κ3) is 5.38. The number of ether oxygens (including phenoxy) is 1. The number of carbonyl (C=O) groups is 1. The summed E-state index contributed by atoms with van der Waals surface area (Å²) in [5.74, 6) is -0.0910. The Hall–Kier alpha value is -2.81. The minimum atomic E-state index is -2.88. The standard InChI is InChI=1S/C20H18BrF2N3O3/c1-25(11-13-2-5-15(6-3-13)29-20(22)23)18(27)8-9-26-12-24-17-7-4-14(21)10-16(17)19(26)28/h2-7,10,12,20H,8-9,11H2,1H3. The summed E-state index contributed by atoms with van der Waals surface area (Å²) in [6.45, 7) is -2.36. The number of hydrogen-bond acceptors (Lipinski definition) is 4. The Morgan fingerprint density at radius 2 is 1.97 bits per heavy atom. The first kappa shape index (κ1) is 20.9. The number of aromatic nitrogens is 2. The Balaban J connectivity index is 1.61. The van der Waals surface area contributed by atoms with Crippen LogP contribution in [-0.2, 0) is 17.9 Å². The highest BCUT2D eigenvalue weighted by Crippen LogP contribution is 2.17. The molecule has 0 bridgehead atoms. The van der Waals surface area contributed by atoms with Crippen molar-refractivity contribution < 1.29 is 18.3 Å². The normalized spacial score (nSPS) is 11.1. The van der Waals surface area contributed by atoms with E-state index in [9.17, 15) is 18.4 Å². The highest BCUT2D eigenvalue weighted by molar-refractivity contribution is 9.10. The number of halogens is 3. The molecular weight excluding hydrogens is 448 g/mol. The van der Waals surface area contributed by atoms with Gasteiger partial charge in [0.1, 0.15) is 5.75 Å². The highest BCUT2D eigenvalue weighted by atomic mass is 79.9. The predicted octanol–water partition coefficient (Wildman–Crippen LogP) is 3.81. The number of rotatable bonds is 7. The van der Waals surface area contributed by atoms with E-state index < -0.39 is 6.61 Å². The fourth-order valence-electron chi connectivity index (χ4n) is 2.84. The maximum absolute atomic E-state index is 12.6. The van der Waals surface area contributed by atoms with Crippen molar-refractivity contribution in [3.8, 4) is 5.75 Å². The second-order valence-corrected chi connectivity index (χ2v) is 7.34. The summed E-state index contributed by atoms with van der Waals surface area (Å²) in [6.07, 6.45) is 1.57. The highest BCUT2D eigenvalue weighted by Gasteiger charge is 2.12. The lowest BCUT2D eigenvalue weighted by Gasteiger charge is -2.18. The van der Waals surface area contributed by atoms with Crippen LogP contribution in [0.3, 0.4) is 0 Å². The molecule has 9 heteroatoms. The van der Waals surface area contributed by atoms with Gasteiger partial charge in [-0.1, -0.05) is 28.1 Å². The van der Waals surface area contributed by atoms with Gasteiger partial charge < -0.3 is 9.64 Å². The maximum atomic E-state index is 12.6. The number of alkyl halides is 2. The quantitative estimate of drug-likeness (QED) is 0.532. The zero-order chi connectivity index (χ0) is 21.0. The summed E-state index contributed by atoms with van der Waals surface area (Å²) in [4.78, 5) is 30.8. The van der Waals surface area contributed by atoms with Crippen molar-refractivity contribution in [2.24, 2.45) is 0 Å². The smallest absolute Gasteiger partial charge is 0.387 e. The molecule has 2 aromatic carbocycles. The van der Waals surface area contributed by atoms with Crippen LogP contribution in [0.15, 0.2) is 58.1 Å². The lowest BCUT2D eigenvalue weighted by Crippen LogP contribution is -2.29. The first-order chi connectivity index (χ1) is 13.8. The zero-order valence-corrected chi connectivity index (χ0v) is 17.1. The number of benzene rings is 2. The van der Waals surface area contributed by atoms with Gasteiger partial charge in [0.2, 0.25) is 5.91 Å². The summed E-state index contributed by atoms with van der Waals surface area (Å²) in [5.41, 5.74) is 1.16. The van der Waals surface area contributed by atoms with E-state index in [1.807, 2.05) is 6.07 Å². The molecule has 0 radical (unpaired) electrons. The first-order valence-electron chi connectivity index (χ1n) is 8.76. The van der Waals surface area contributed by atoms with Crippen LogP contribution in [0.1, 0.15) is 12.0 Å². The Labute approximate surface area is 173 Å². The number of carbonyl (C=O) groups excluding carboxylic acids is 1. The minimum Gasteiger partial charge on any atom is -0.435 e. The number of hydrogen-bond donors (Lipinski definition) is 0. The second-order valence-electron chi connectivity index (χ2n) is 6.43. The van der Waals surface area contributed by atoms with E-state index in [0.717, 1.165) is 10.0 Å². The summed E-state index contributed by atoms with van der Waals surface area (Å²) in [7, 11) is 1.64. The van der Waals surface area contributed by atoms with E-state index in [0.29, 0.717) is 17.4 Å². The van der Waals surface area contributed by atoms with Crippen LogP contribution in [-0.4, -0.2) is 34.0 Å². The molecule has 0 N–H and O–H groups in total. The van der Waals surface area contributed by atoms with Gasteiger partial charge in [-0.3, -0.25) is 14.2 Å². The molecule has 3 rings (SSSR count). The van der Waals surface area contributed by atoms with Crippen molar-refractivity contribution in [3.05, 3.63) is 69.2 Å². The van der Waals surface area contributed by atoms with Crippen LogP contribution >= 0.6 is 15.9 Å². The SMILES string of the molecule is CN(Cc1ccc(OC(F)F)cc1)C(=O)CCn1cnc2ccc(Br)cc2c1=O. The molecule has 0 aliphatic carbocycles. The van der Waals surface area contributed by atoms with Gasteiger partial charge in [-0.25, -0.2) is 4.98 Å². The van der Waals surface area contributed by atoms with Gasteiger partial charge in [-0.15, -0.1) is 0 Å². The molecule has 0 saturated heterocycles. The largest absolute Gasteiger partial charge is 0.435 e. The molecule has 0 aliphatic rings. The van der Waals surface area contributed by atoms with E-state index in [1.54, 1.807) is 31.3 Å². The van der Waals surface area contributed by atoms with Gasteiger partial charge in [-0.05, 0) is 35.9 Å². The first-order valence-corrected chi connectivity index (χ1v) is 9.55. The molecule has 0 saturated carbocycles. The average molecular weight is 466 g/mol. The van der Waals surface area contributed by atoms with Crippen LogP contribution in [0, 0.1) is 0 Å². The van der Waals surface area contributed by atoms with Crippen LogP contribution in [0.2, 0.25) is 0 Å². The van der Waals surface area contributed by atoms with Crippen molar-refractivity contribution >= 4 is 32.7 Å². The van der Waals surface area contributed by atoms with Crippen molar-refractivity contribution in [2.75, 3.05) is 7.05 Å². The lowest BCUT2D eigenvalue weighted by atomic mass is 10.2. The summed E-state index contributed by atoms with van der Waals surface area (Å²) in [6, 6.07) is 11.4. The Bertz CT molecular complexity index is 1070. The molecule has 152 valence electrons. The number of aryl methyl sites for hydroxylation is 1. The van der Waals surface area contributed by atoms with Crippen LogP contribution < -0.4 is 10.3 Å². The third-order valence-corrected chi connectivity index (χ3v) is 4.84. The van der Waals surface area contributed by atoms with Gasteiger partial charge in [0, 0.05) is 31.0 Å². The Kier molecular flexibility index (Phi) is 6.58. The van der Waals surface area contributed by atoms with Gasteiger partial charge in [0.15, 0.2) is 0 Å². The lowest BCUT2D eigenvalue weighted by molar-refractivity contribution is -0.130. The number of fused-ring (bicyclic) bond motifs is 1. The molecular formula is C20H18BrF2N3O3. The minimum absolute atomic E-state index is 0.0625. The van der Waals surface area contributed by atoms with Crippen LogP contribution in [0.25, 0.3) is 10.9 Å². The molecule has 0 unspecified atom stereocenters. The van der Waals surface area contributed by atoms with E-state index >= 15 is 0 Å².